The Labute approximate surface area is 159 Å². The maximum absolute atomic E-state index is 10.7. The van der Waals surface area contributed by atoms with Crippen LogP contribution in [0.5, 0.6) is 0 Å². The molecule has 0 unspecified atom stereocenters. The summed E-state index contributed by atoms with van der Waals surface area (Å²) in [6.07, 6.45) is 1.21. The minimum Gasteiger partial charge on any atom is -0.411 e. The third-order valence-electron chi connectivity index (χ3n) is 1.69. The van der Waals surface area contributed by atoms with E-state index in [9.17, 15) is 9.59 Å². The quantitative estimate of drug-likeness (QED) is 0.169. The van der Waals surface area contributed by atoms with Gasteiger partial charge in [-0.15, -0.1) is 6.54 Å². The number of carbonyl (C=O) groups excluding carboxylic acids is 2. The molecule has 8 heteroatoms. The first-order chi connectivity index (χ1) is 9.62. The fraction of sp³-hybridized carbons (Fsp3) is 0.538. The van der Waals surface area contributed by atoms with Gasteiger partial charge in [-0.2, -0.15) is 0 Å². The fourth-order valence-electron chi connectivity index (χ4n) is 0.827. The molecule has 120 valence electrons. The first-order valence-electron chi connectivity index (χ1n) is 6.09. The van der Waals surface area contributed by atoms with Crippen molar-refractivity contribution in [2.75, 3.05) is 44.8 Å². The summed E-state index contributed by atoms with van der Waals surface area (Å²) in [5.74, 6) is -0.201. The van der Waals surface area contributed by atoms with E-state index in [0.29, 0.717) is 44.8 Å². The molecular weight excluding hydrogens is 566 g/mol. The van der Waals surface area contributed by atoms with Crippen LogP contribution in [-0.4, -0.2) is 56.7 Å². The van der Waals surface area contributed by atoms with Crippen molar-refractivity contribution in [2.45, 2.75) is 0 Å². The molecule has 2 amide bonds. The van der Waals surface area contributed by atoms with E-state index in [4.69, 9.17) is 9.47 Å². The molecule has 0 rings (SSSR count). The van der Waals surface area contributed by atoms with E-state index in [1.807, 2.05) is 0 Å². The molecule has 0 aromatic rings. The fourth-order valence-corrected chi connectivity index (χ4v) is 1.03. The van der Waals surface area contributed by atoms with Crippen molar-refractivity contribution < 1.29 is 50.2 Å². The molecule has 0 aliphatic carbocycles. The third-order valence-corrected chi connectivity index (χ3v) is 2.20. The van der Waals surface area contributed by atoms with Gasteiger partial charge in [0.1, 0.15) is 0 Å². The van der Waals surface area contributed by atoms with E-state index in [1.165, 1.54) is 6.08 Å². The maximum Gasteiger partial charge on any atom is 2.00 e. The van der Waals surface area contributed by atoms with Gasteiger partial charge in [0.05, 0.1) is 25.2 Å². The van der Waals surface area contributed by atoms with Crippen LogP contribution in [0.2, 0.25) is 0 Å². The molecule has 0 aromatic heterocycles. The van der Waals surface area contributed by atoms with Crippen molar-refractivity contribution in [1.82, 2.24) is 10.6 Å². The van der Waals surface area contributed by atoms with Gasteiger partial charge in [0.25, 0.3) is 0 Å². The van der Waals surface area contributed by atoms with Gasteiger partial charge >= 0.3 is 31.1 Å². The number of halogens is 1. The van der Waals surface area contributed by atoms with Gasteiger partial charge in [0.2, 0.25) is 11.8 Å². The number of carbonyl (C=O) groups is 2. The number of hydrogen-bond acceptors (Lipinski definition) is 4. The summed E-state index contributed by atoms with van der Waals surface area (Å²) in [5.41, 5.74) is 0. The second kappa shape index (κ2) is 22.4. The first-order valence-corrected chi connectivity index (χ1v) is 7.21. The summed E-state index contributed by atoms with van der Waals surface area (Å²) >= 11 is 3.04. The Morgan fingerprint density at radius 3 is 2.19 bits per heavy atom. The summed E-state index contributed by atoms with van der Waals surface area (Å²) in [5, 5.41) is 5.42. The summed E-state index contributed by atoms with van der Waals surface area (Å²) in [6, 6.07) is 0. The van der Waals surface area contributed by atoms with Crippen LogP contribution < -0.4 is 10.6 Å². The summed E-state index contributed by atoms with van der Waals surface area (Å²) in [7, 11) is 0. The molecule has 21 heavy (non-hydrogen) atoms. The van der Waals surface area contributed by atoms with Crippen molar-refractivity contribution in [3.8, 4) is 0 Å². The number of nitrogens with one attached hydrogen (secondary N) is 2. The van der Waals surface area contributed by atoms with E-state index in [2.05, 4.69) is 47.0 Å². The first kappa shape index (κ1) is 26.1. The Bertz CT molecular complexity index is 269. The van der Waals surface area contributed by atoms with Crippen molar-refractivity contribution >= 4 is 27.7 Å². The Hall–Kier alpha value is 0.132. The van der Waals surface area contributed by atoms with Gasteiger partial charge < -0.3 is 34.0 Å². The van der Waals surface area contributed by atoms with Gasteiger partial charge in [-0.3, -0.25) is 9.59 Å². The molecule has 0 radical (unpaired) electrons. The largest absolute Gasteiger partial charge is 2.00 e. The van der Waals surface area contributed by atoms with Gasteiger partial charge in [0.15, 0.2) is 0 Å². The number of hydrogen-bond donors (Lipinski definition) is 2. The molecule has 0 saturated heterocycles. The molecule has 2 N–H and O–H groups in total. The zero-order valence-corrected chi connectivity index (χ0v) is 17.9. The molecule has 0 atom stereocenters. The predicted octanol–water partition coefficient (Wildman–Crippen LogP) is 0.487. The van der Waals surface area contributed by atoms with Crippen molar-refractivity contribution in [3.63, 3.8) is 0 Å². The van der Waals surface area contributed by atoms with Gasteiger partial charge in [0, 0.05) is 6.54 Å². The van der Waals surface area contributed by atoms with Crippen LogP contribution >= 0.6 is 15.9 Å². The minimum absolute atomic E-state index is 0. The summed E-state index contributed by atoms with van der Waals surface area (Å²) in [6.45, 7) is 13.2. The summed E-state index contributed by atoms with van der Waals surface area (Å²) < 4.78 is 10.1. The monoisotopic (exact) mass is 588 g/mol. The zero-order chi connectivity index (χ0) is 15.6. The number of rotatable bonds is 10. The number of ether oxygens (including phenoxy) is 2. The van der Waals surface area contributed by atoms with E-state index >= 15 is 0 Å². The molecule has 0 aromatic carbocycles. The Kier molecular flexibility index (Phi) is 27.8. The van der Waals surface area contributed by atoms with Crippen LogP contribution in [0.15, 0.2) is 12.7 Å². The molecular formula is C13H23BrN2O4U. The average Bonchev–Trinajstić information content (AvgIpc) is 2.46. The average molecular weight is 589 g/mol. The van der Waals surface area contributed by atoms with Gasteiger partial charge in [-0.1, -0.05) is 29.1 Å². The Morgan fingerprint density at radius 1 is 1.14 bits per heavy atom. The van der Waals surface area contributed by atoms with Crippen LogP contribution in [0.4, 0.5) is 0 Å². The van der Waals surface area contributed by atoms with E-state index < -0.39 is 0 Å². The number of alkyl halides is 1. The Balaban J connectivity index is -0.000000347. The molecule has 0 spiro atoms. The van der Waals surface area contributed by atoms with Crippen LogP contribution in [0.25, 0.3) is 0 Å². The van der Waals surface area contributed by atoms with Crippen molar-refractivity contribution in [3.05, 3.63) is 26.5 Å². The van der Waals surface area contributed by atoms with E-state index in [1.54, 1.807) is 0 Å². The van der Waals surface area contributed by atoms with E-state index in [0.717, 1.165) is 0 Å². The SMILES string of the molecule is C=CC(=O)NC[CH2-].[CH2-]COCCOCCNC(=O)CBr.[U+2]. The van der Waals surface area contributed by atoms with E-state index in [-0.39, 0.29) is 42.9 Å². The molecule has 0 saturated carbocycles. The standard InChI is InChI=1S/C8H15BrNO3.C5H8NO.U/c1-2-12-5-6-13-4-3-10-8(11)7-9;1-3-5(7)6-4-2;/h1-7H2,(H,10,11);3H,1-2,4H2,(H,6,7);/q2*-1;+2. The van der Waals surface area contributed by atoms with Crippen molar-refractivity contribution in [1.29, 1.82) is 0 Å². The molecule has 0 heterocycles. The van der Waals surface area contributed by atoms with Crippen LogP contribution in [-0.2, 0) is 19.1 Å². The summed E-state index contributed by atoms with van der Waals surface area (Å²) in [4.78, 5) is 20.8. The van der Waals surface area contributed by atoms with Gasteiger partial charge in [-0.25, -0.2) is 0 Å². The van der Waals surface area contributed by atoms with Crippen molar-refractivity contribution in [2.24, 2.45) is 0 Å². The minimum atomic E-state index is -0.171. The molecule has 6 nitrogen and oxygen atoms in total. The zero-order valence-electron chi connectivity index (χ0n) is 12.2. The predicted molar refractivity (Wildman–Crippen MR) is 82.4 cm³/mol. The number of amides is 2. The molecule has 0 aliphatic heterocycles. The second-order valence-electron chi connectivity index (χ2n) is 3.20. The smallest absolute Gasteiger partial charge is 0.411 e. The van der Waals surface area contributed by atoms with Crippen LogP contribution in [0, 0.1) is 45.0 Å². The van der Waals surface area contributed by atoms with Crippen LogP contribution in [0.1, 0.15) is 0 Å². The molecule has 0 aliphatic rings. The van der Waals surface area contributed by atoms with Crippen LogP contribution in [0.3, 0.4) is 0 Å². The molecule has 0 fully saturated rings. The Morgan fingerprint density at radius 2 is 1.76 bits per heavy atom. The van der Waals surface area contributed by atoms with Gasteiger partial charge in [-0.05, 0) is 6.08 Å². The topological polar surface area (TPSA) is 76.7 Å². The normalized spacial score (nSPS) is 8.71. The second-order valence-corrected chi connectivity index (χ2v) is 3.76. The maximum atomic E-state index is 10.7. The molecule has 0 bridgehead atoms. The third kappa shape index (κ3) is 25.4.